The first-order valence-corrected chi connectivity index (χ1v) is 10.5. The molecule has 8 heteroatoms. The van der Waals surface area contributed by atoms with Gasteiger partial charge in [0.05, 0.1) is 4.91 Å². The van der Waals surface area contributed by atoms with E-state index in [0.29, 0.717) is 15.6 Å². The van der Waals surface area contributed by atoms with Crippen molar-refractivity contribution in [1.29, 1.82) is 0 Å². The van der Waals surface area contributed by atoms with Gasteiger partial charge in [-0.05, 0) is 17.6 Å². The number of carboxylic acids is 1. The lowest BCUT2D eigenvalue weighted by molar-refractivity contribution is -0.143. The van der Waals surface area contributed by atoms with Crippen LogP contribution in [0.3, 0.4) is 0 Å². The van der Waals surface area contributed by atoms with Crippen molar-refractivity contribution in [2.24, 2.45) is 5.92 Å². The van der Waals surface area contributed by atoms with Gasteiger partial charge in [0.1, 0.15) is 10.4 Å². The zero-order valence-corrected chi connectivity index (χ0v) is 18.0. The minimum absolute atomic E-state index is 0.0141. The Morgan fingerprint density at radius 1 is 1.31 bits per heavy atom. The van der Waals surface area contributed by atoms with Gasteiger partial charge in [0.2, 0.25) is 5.91 Å². The SMILES string of the molecule is CCC(C)C(NC(=O)CCN1C(=O)/C(=C\C=C\c2ccccc2)SC1=S)C(=O)O. The van der Waals surface area contributed by atoms with Gasteiger partial charge in [-0.25, -0.2) is 4.79 Å². The Balaban J connectivity index is 1.93. The Morgan fingerprint density at radius 2 is 2.00 bits per heavy atom. The lowest BCUT2D eigenvalue weighted by atomic mass is 9.99. The van der Waals surface area contributed by atoms with Crippen molar-refractivity contribution in [3.8, 4) is 0 Å². The normalized spacial score (nSPS) is 17.7. The van der Waals surface area contributed by atoms with Crippen LogP contribution in [-0.4, -0.2) is 44.7 Å². The maximum Gasteiger partial charge on any atom is 0.326 e. The fourth-order valence-corrected chi connectivity index (χ4v) is 3.92. The molecule has 29 heavy (non-hydrogen) atoms. The summed E-state index contributed by atoms with van der Waals surface area (Å²) < 4.78 is 0.388. The number of allylic oxidation sites excluding steroid dienone is 2. The highest BCUT2D eigenvalue weighted by Crippen LogP contribution is 2.31. The van der Waals surface area contributed by atoms with Crippen LogP contribution >= 0.6 is 24.0 Å². The molecule has 0 radical (unpaired) electrons. The first-order chi connectivity index (χ1) is 13.8. The van der Waals surface area contributed by atoms with Crippen LogP contribution in [0.2, 0.25) is 0 Å². The van der Waals surface area contributed by atoms with Gasteiger partial charge in [0.25, 0.3) is 5.91 Å². The molecule has 1 saturated heterocycles. The van der Waals surface area contributed by atoms with Gasteiger partial charge in [-0.2, -0.15) is 0 Å². The van der Waals surface area contributed by atoms with Gasteiger partial charge in [-0.1, -0.05) is 86.7 Å². The highest BCUT2D eigenvalue weighted by Gasteiger charge is 2.32. The predicted octanol–water partition coefficient (Wildman–Crippen LogP) is 3.45. The number of benzene rings is 1. The number of thioether (sulfide) groups is 1. The molecule has 1 aliphatic rings. The quantitative estimate of drug-likeness (QED) is 0.459. The molecule has 2 amide bonds. The summed E-state index contributed by atoms with van der Waals surface area (Å²) in [4.78, 5) is 37.9. The van der Waals surface area contributed by atoms with Crippen molar-refractivity contribution >= 4 is 52.2 Å². The molecule has 1 aromatic rings. The average Bonchev–Trinajstić information content (AvgIpc) is 2.97. The molecular formula is C21H24N2O4S2. The zero-order chi connectivity index (χ0) is 21.4. The van der Waals surface area contributed by atoms with Crippen LogP contribution in [0.5, 0.6) is 0 Å². The molecular weight excluding hydrogens is 408 g/mol. The number of nitrogens with one attached hydrogen (secondary N) is 1. The molecule has 2 rings (SSSR count). The number of hydrogen-bond donors (Lipinski definition) is 2. The molecule has 1 aromatic carbocycles. The number of carbonyl (C=O) groups excluding carboxylic acids is 2. The first kappa shape index (κ1) is 22.8. The van der Waals surface area contributed by atoms with E-state index in [-0.39, 0.29) is 24.8 Å². The molecule has 0 aliphatic carbocycles. The number of aliphatic carboxylic acids is 1. The van der Waals surface area contributed by atoms with Crippen molar-refractivity contribution in [2.45, 2.75) is 32.7 Å². The van der Waals surface area contributed by atoms with Crippen molar-refractivity contribution in [2.75, 3.05) is 6.54 Å². The van der Waals surface area contributed by atoms with Gasteiger partial charge < -0.3 is 10.4 Å². The molecule has 1 fully saturated rings. The molecule has 0 saturated carbocycles. The number of thiocarbonyl (C=S) groups is 1. The van der Waals surface area contributed by atoms with Crippen LogP contribution in [-0.2, 0) is 14.4 Å². The minimum atomic E-state index is -1.06. The van der Waals surface area contributed by atoms with Gasteiger partial charge in [-0.15, -0.1) is 0 Å². The topological polar surface area (TPSA) is 86.7 Å². The smallest absolute Gasteiger partial charge is 0.326 e. The summed E-state index contributed by atoms with van der Waals surface area (Å²) in [5.74, 6) is -1.92. The second-order valence-electron chi connectivity index (χ2n) is 6.64. The summed E-state index contributed by atoms with van der Waals surface area (Å²) in [7, 11) is 0. The van der Waals surface area contributed by atoms with Gasteiger partial charge >= 0.3 is 5.97 Å². The maximum absolute atomic E-state index is 12.5. The van der Waals surface area contributed by atoms with Crippen LogP contribution in [0, 0.1) is 5.92 Å². The molecule has 2 atom stereocenters. The lowest BCUT2D eigenvalue weighted by Crippen LogP contribution is -2.46. The van der Waals surface area contributed by atoms with E-state index >= 15 is 0 Å². The molecule has 2 N–H and O–H groups in total. The van der Waals surface area contributed by atoms with Crippen LogP contribution in [0.25, 0.3) is 6.08 Å². The van der Waals surface area contributed by atoms with Crippen molar-refractivity contribution in [1.82, 2.24) is 10.2 Å². The van der Waals surface area contributed by atoms with E-state index in [1.54, 1.807) is 19.1 Å². The van der Waals surface area contributed by atoms with E-state index in [0.717, 1.165) is 5.56 Å². The van der Waals surface area contributed by atoms with Crippen LogP contribution in [0.4, 0.5) is 0 Å². The van der Waals surface area contributed by atoms with Crippen molar-refractivity contribution in [3.63, 3.8) is 0 Å². The summed E-state index contributed by atoms with van der Waals surface area (Å²) in [6, 6.07) is 8.76. The largest absolute Gasteiger partial charge is 0.480 e. The summed E-state index contributed by atoms with van der Waals surface area (Å²) in [5.41, 5.74) is 1.02. The van der Waals surface area contributed by atoms with Crippen LogP contribution < -0.4 is 5.32 Å². The fourth-order valence-electron chi connectivity index (χ4n) is 2.66. The van der Waals surface area contributed by atoms with Gasteiger partial charge in [-0.3, -0.25) is 14.5 Å². The zero-order valence-electron chi connectivity index (χ0n) is 16.3. The first-order valence-electron chi connectivity index (χ1n) is 9.32. The standard InChI is InChI=1S/C21H24N2O4S2/c1-3-14(2)18(20(26)27)22-17(24)12-13-23-19(25)16(29-21(23)28)11-7-10-15-8-5-4-6-9-15/h4-11,14,18H,3,12-13H2,1-2H3,(H,22,24)(H,26,27)/b10-7+,16-11+. The molecule has 1 heterocycles. The second-order valence-corrected chi connectivity index (χ2v) is 8.32. The number of carboxylic acid groups (broad SMARTS) is 1. The number of nitrogens with zero attached hydrogens (tertiary/aromatic N) is 1. The fraction of sp³-hybridized carbons (Fsp3) is 0.333. The predicted molar refractivity (Wildman–Crippen MR) is 119 cm³/mol. The highest BCUT2D eigenvalue weighted by atomic mass is 32.2. The number of carbonyl (C=O) groups is 3. The van der Waals surface area contributed by atoms with Crippen LogP contribution in [0.1, 0.15) is 32.3 Å². The van der Waals surface area contributed by atoms with E-state index < -0.39 is 17.9 Å². The molecule has 0 aromatic heterocycles. The maximum atomic E-state index is 12.5. The third kappa shape index (κ3) is 6.54. The second kappa shape index (κ2) is 10.9. The van der Waals surface area contributed by atoms with Crippen LogP contribution in [0.15, 0.2) is 47.4 Å². The average molecular weight is 433 g/mol. The Morgan fingerprint density at radius 3 is 2.62 bits per heavy atom. The summed E-state index contributed by atoms with van der Waals surface area (Å²) >= 11 is 6.45. The molecule has 0 spiro atoms. The van der Waals surface area contributed by atoms with Gasteiger partial charge in [0, 0.05) is 13.0 Å². The Bertz CT molecular complexity index is 836. The van der Waals surface area contributed by atoms with E-state index in [2.05, 4.69) is 5.32 Å². The molecule has 154 valence electrons. The van der Waals surface area contributed by atoms with E-state index in [9.17, 15) is 19.5 Å². The number of hydrogen-bond acceptors (Lipinski definition) is 5. The highest BCUT2D eigenvalue weighted by molar-refractivity contribution is 8.26. The summed E-state index contributed by atoms with van der Waals surface area (Å²) in [5, 5.41) is 11.8. The Kier molecular flexibility index (Phi) is 8.60. The number of amides is 2. The van der Waals surface area contributed by atoms with Crippen molar-refractivity contribution < 1.29 is 19.5 Å². The third-order valence-electron chi connectivity index (χ3n) is 4.57. The monoisotopic (exact) mass is 432 g/mol. The summed E-state index contributed by atoms with van der Waals surface area (Å²) in [6.45, 7) is 3.75. The van der Waals surface area contributed by atoms with E-state index in [1.807, 2.05) is 43.3 Å². The minimum Gasteiger partial charge on any atom is -0.480 e. The third-order valence-corrected chi connectivity index (χ3v) is 5.96. The van der Waals surface area contributed by atoms with E-state index in [4.69, 9.17) is 12.2 Å². The number of rotatable bonds is 9. The molecule has 2 unspecified atom stereocenters. The molecule has 1 aliphatic heterocycles. The van der Waals surface area contributed by atoms with E-state index in [1.165, 1.54) is 16.7 Å². The van der Waals surface area contributed by atoms with Crippen molar-refractivity contribution in [3.05, 3.63) is 53.0 Å². The molecule has 6 nitrogen and oxygen atoms in total. The Hall–Kier alpha value is -2.45. The lowest BCUT2D eigenvalue weighted by Gasteiger charge is -2.21. The Labute approximate surface area is 180 Å². The van der Waals surface area contributed by atoms with Gasteiger partial charge in [0.15, 0.2) is 0 Å². The summed E-state index contributed by atoms with van der Waals surface area (Å²) in [6.07, 6.45) is 6.00. The molecule has 0 bridgehead atoms.